The van der Waals surface area contributed by atoms with Gasteiger partial charge in [0.25, 0.3) is 5.56 Å². The molecule has 4 rings (SSSR count). The van der Waals surface area contributed by atoms with Crippen LogP contribution in [0.1, 0.15) is 36.1 Å². The Morgan fingerprint density at radius 2 is 1.72 bits per heavy atom. The van der Waals surface area contributed by atoms with Gasteiger partial charge in [-0.2, -0.15) is 18.4 Å². The molecule has 0 N–H and O–H groups in total. The number of halogens is 5. The monoisotopic (exact) mass is 576 g/mol. The molecule has 0 bridgehead atoms. The number of hydrogen-bond donors (Lipinski definition) is 0. The Balaban J connectivity index is 1.93. The van der Waals surface area contributed by atoms with Crippen LogP contribution in [0.15, 0.2) is 64.3 Å². The highest BCUT2D eigenvalue weighted by Gasteiger charge is 2.37. The summed E-state index contributed by atoms with van der Waals surface area (Å²) in [6.07, 6.45) is -4.32. The van der Waals surface area contributed by atoms with Crippen molar-refractivity contribution in [1.82, 2.24) is 4.57 Å². The second-order valence-electron chi connectivity index (χ2n) is 8.57. The molecule has 2 heterocycles. The minimum Gasteiger partial charge on any atom is -0.302 e. The average molecular weight is 577 g/mol. The number of hydrogen-bond acceptors (Lipinski definition) is 4. The summed E-state index contributed by atoms with van der Waals surface area (Å²) in [5.41, 5.74) is -2.42. The zero-order valence-electron chi connectivity index (χ0n) is 20.7. The highest BCUT2D eigenvalue weighted by atomic mass is 32.2. The number of benzene rings is 2. The van der Waals surface area contributed by atoms with Gasteiger partial charge in [-0.1, -0.05) is 26.0 Å². The Bertz CT molecular complexity index is 1680. The molecule has 0 spiro atoms. The zero-order chi connectivity index (χ0) is 28.5. The molecule has 0 saturated carbocycles. The molecule has 0 aliphatic carbocycles. The summed E-state index contributed by atoms with van der Waals surface area (Å²) in [6, 6.07) is 13.4. The molecule has 11 heteroatoms. The number of rotatable bonds is 7. The van der Waals surface area contributed by atoms with Crippen LogP contribution in [0.3, 0.4) is 0 Å². The van der Waals surface area contributed by atoms with Gasteiger partial charge in [0, 0.05) is 27.2 Å². The molecule has 1 atom stereocenters. The molecule has 0 amide bonds. The Hall–Kier alpha value is -3.62. The summed E-state index contributed by atoms with van der Waals surface area (Å²) >= 11 is 1.10. The van der Waals surface area contributed by atoms with Gasteiger partial charge >= 0.3 is 6.18 Å². The lowest BCUT2D eigenvalue weighted by Gasteiger charge is -2.17. The van der Waals surface area contributed by atoms with Crippen LogP contribution in [0.5, 0.6) is 0 Å². The fourth-order valence-electron chi connectivity index (χ4n) is 4.10. The molecule has 0 fully saturated rings. The average Bonchev–Trinajstić information content (AvgIpc) is 3.39. The summed E-state index contributed by atoms with van der Waals surface area (Å²) in [5.74, 6) is -1.42. The van der Waals surface area contributed by atoms with Gasteiger partial charge in [0.05, 0.1) is 33.5 Å². The highest BCUT2D eigenvalue weighted by Crippen LogP contribution is 2.39. The van der Waals surface area contributed by atoms with E-state index >= 15 is 0 Å². The predicted octanol–water partition coefficient (Wildman–Crippen LogP) is 7.15. The summed E-state index contributed by atoms with van der Waals surface area (Å²) in [5, 5.41) is 9.39. The maximum Gasteiger partial charge on any atom is 0.417 e. The number of aryl methyl sites for hydroxylation is 1. The Labute approximate surface area is 227 Å². The lowest BCUT2D eigenvalue weighted by Crippen LogP contribution is -2.28. The van der Waals surface area contributed by atoms with Crippen LogP contribution in [0.2, 0.25) is 0 Å². The van der Waals surface area contributed by atoms with Crippen LogP contribution in [-0.2, 0) is 29.9 Å². The van der Waals surface area contributed by atoms with E-state index in [4.69, 9.17) is 0 Å². The van der Waals surface area contributed by atoms with Crippen LogP contribution >= 0.6 is 11.3 Å². The van der Waals surface area contributed by atoms with Crippen molar-refractivity contribution in [1.29, 1.82) is 5.26 Å². The van der Waals surface area contributed by atoms with E-state index in [-0.39, 0.29) is 16.1 Å². The highest BCUT2D eigenvalue weighted by molar-refractivity contribution is 7.85. The lowest BCUT2D eigenvalue weighted by atomic mass is 10.1. The maximum absolute atomic E-state index is 14.5. The zero-order valence-corrected chi connectivity index (χ0v) is 22.4. The van der Waals surface area contributed by atoms with E-state index < -0.39 is 51.8 Å². The van der Waals surface area contributed by atoms with Crippen LogP contribution in [0.25, 0.3) is 21.0 Å². The van der Waals surface area contributed by atoms with Crippen molar-refractivity contribution in [3.63, 3.8) is 0 Å². The van der Waals surface area contributed by atoms with Gasteiger partial charge in [-0.05, 0) is 53.9 Å². The van der Waals surface area contributed by atoms with Crippen LogP contribution in [0.4, 0.5) is 22.0 Å². The van der Waals surface area contributed by atoms with E-state index in [1.165, 1.54) is 12.1 Å². The van der Waals surface area contributed by atoms with Crippen molar-refractivity contribution in [3.05, 3.63) is 98.8 Å². The fraction of sp³-hybridized carbons (Fsp3) is 0.214. The molecular weight excluding hydrogens is 555 g/mol. The normalized spacial score (nSPS) is 12.4. The van der Waals surface area contributed by atoms with E-state index in [1.54, 1.807) is 19.1 Å². The molecule has 1 unspecified atom stereocenters. The Kier molecular flexibility index (Phi) is 8.18. The molecule has 202 valence electrons. The second kappa shape index (κ2) is 11.2. The van der Waals surface area contributed by atoms with Crippen molar-refractivity contribution in [2.75, 3.05) is 5.75 Å². The molecule has 4 aromatic rings. The largest absolute Gasteiger partial charge is 0.417 e. The maximum atomic E-state index is 14.5. The molecule has 0 radical (unpaired) electrons. The number of nitrogens with zero attached hydrogens (tertiary/aromatic N) is 2. The smallest absolute Gasteiger partial charge is 0.302 e. The van der Waals surface area contributed by atoms with Crippen LogP contribution in [0, 0.1) is 23.0 Å². The minimum atomic E-state index is -4.99. The van der Waals surface area contributed by atoms with Crippen molar-refractivity contribution < 1.29 is 26.2 Å². The first-order valence-electron chi connectivity index (χ1n) is 11.8. The van der Waals surface area contributed by atoms with E-state index in [0.717, 1.165) is 33.6 Å². The summed E-state index contributed by atoms with van der Waals surface area (Å²) < 4.78 is 82.8. The van der Waals surface area contributed by atoms with Gasteiger partial charge in [-0.3, -0.25) is 9.00 Å². The third kappa shape index (κ3) is 5.87. The number of thiophene rings is 1. The first-order chi connectivity index (χ1) is 18.5. The molecule has 0 aliphatic rings. The molecule has 0 saturated heterocycles. The van der Waals surface area contributed by atoms with Gasteiger partial charge in [0.15, 0.2) is 0 Å². The Morgan fingerprint density at radius 1 is 1.00 bits per heavy atom. The van der Waals surface area contributed by atoms with Gasteiger partial charge in [0.2, 0.25) is 0 Å². The Morgan fingerprint density at radius 3 is 2.33 bits per heavy atom. The van der Waals surface area contributed by atoms with Gasteiger partial charge < -0.3 is 4.57 Å². The van der Waals surface area contributed by atoms with E-state index in [9.17, 15) is 36.2 Å². The quantitative estimate of drug-likeness (QED) is 0.220. The number of nitriles is 1. The summed E-state index contributed by atoms with van der Waals surface area (Å²) in [6.45, 7) is 3.22. The van der Waals surface area contributed by atoms with Crippen LogP contribution in [-0.4, -0.2) is 14.5 Å². The van der Waals surface area contributed by atoms with E-state index in [0.29, 0.717) is 39.6 Å². The molecular formula is C28H21F5N2O2S2. The van der Waals surface area contributed by atoms with Crippen LogP contribution < -0.4 is 5.56 Å². The topological polar surface area (TPSA) is 62.9 Å². The molecule has 2 aromatic heterocycles. The third-order valence-corrected chi connectivity index (χ3v) is 8.55. The molecule has 0 aliphatic heterocycles. The van der Waals surface area contributed by atoms with Crippen molar-refractivity contribution >= 4 is 22.1 Å². The number of alkyl halides is 3. The molecule has 39 heavy (non-hydrogen) atoms. The van der Waals surface area contributed by atoms with E-state index in [1.807, 2.05) is 19.1 Å². The molecule has 4 nitrogen and oxygen atoms in total. The summed E-state index contributed by atoms with van der Waals surface area (Å²) in [7, 11) is -1.22. The first kappa shape index (κ1) is 28.4. The molecule has 2 aromatic carbocycles. The van der Waals surface area contributed by atoms with E-state index in [2.05, 4.69) is 0 Å². The third-order valence-electron chi connectivity index (χ3n) is 6.10. The number of aromatic nitrogens is 1. The predicted molar refractivity (Wildman–Crippen MR) is 141 cm³/mol. The van der Waals surface area contributed by atoms with Gasteiger partial charge in [-0.15, -0.1) is 11.3 Å². The SMILES string of the molecule is CCc1cc(-c2ccc(-c3cc(C(F)(F)F)c(C#N)c(=O)n3Cc3ccc(F)cc3F)s2)cc(S(=O)CC)c1. The van der Waals surface area contributed by atoms with Crippen molar-refractivity contribution in [2.45, 2.75) is 37.9 Å². The minimum absolute atomic E-state index is 0.137. The first-order valence-corrected chi connectivity index (χ1v) is 13.9. The standard InChI is InChI=1S/C28H21F5N2O2S2/c1-3-16-9-18(11-20(10-16)39(37)4-2)25-7-8-26(38-25)24-13-22(28(31,32)33)21(14-34)27(36)35(24)15-17-5-6-19(29)12-23(17)30/h5-13H,3-4,15H2,1-2H3. The van der Waals surface area contributed by atoms with Gasteiger partial charge in [0.1, 0.15) is 23.3 Å². The van der Waals surface area contributed by atoms with Gasteiger partial charge in [-0.25, -0.2) is 8.78 Å². The summed E-state index contributed by atoms with van der Waals surface area (Å²) in [4.78, 5) is 14.7. The second-order valence-corrected chi connectivity index (χ2v) is 11.4. The van der Waals surface area contributed by atoms with Crippen molar-refractivity contribution in [3.8, 4) is 27.1 Å². The number of pyridine rings is 1. The van der Waals surface area contributed by atoms with Crippen molar-refractivity contribution in [2.24, 2.45) is 0 Å². The lowest BCUT2D eigenvalue weighted by molar-refractivity contribution is -0.137. The fourth-order valence-corrected chi connectivity index (χ4v) is 5.99.